The Morgan fingerprint density at radius 2 is 1.81 bits per heavy atom. The lowest BCUT2D eigenvalue weighted by Gasteiger charge is -2.30. The first kappa shape index (κ1) is 14.6. The van der Waals surface area contributed by atoms with Gasteiger partial charge < -0.3 is 0 Å². The van der Waals surface area contributed by atoms with Gasteiger partial charge in [-0.05, 0) is 12.0 Å². The van der Waals surface area contributed by atoms with Gasteiger partial charge in [0.25, 0.3) is 0 Å². The molecule has 0 spiro atoms. The van der Waals surface area contributed by atoms with Crippen LogP contribution in [0.2, 0.25) is 0 Å². The molecule has 1 aromatic rings. The molecule has 0 N–H and O–H groups in total. The minimum absolute atomic E-state index is 0.00262. The fourth-order valence-electron chi connectivity index (χ4n) is 2.96. The highest BCUT2D eigenvalue weighted by atomic mass is 32.2. The molecule has 2 heterocycles. The minimum atomic E-state index is -0.214. The molecule has 1 atom stereocenters. The van der Waals surface area contributed by atoms with Crippen molar-refractivity contribution in [3.8, 4) is 0 Å². The van der Waals surface area contributed by atoms with Crippen LogP contribution in [0.15, 0.2) is 30.3 Å². The number of carbonyl (C=O) groups is 2. The number of carbonyl (C=O) groups excluding carboxylic acids is 2. The molecule has 4 nitrogen and oxygen atoms in total. The van der Waals surface area contributed by atoms with E-state index in [1.807, 2.05) is 42.1 Å². The molecular formula is C16H20N2O2S. The van der Waals surface area contributed by atoms with E-state index < -0.39 is 0 Å². The summed E-state index contributed by atoms with van der Waals surface area (Å²) in [5.74, 6) is 2.10. The van der Waals surface area contributed by atoms with Gasteiger partial charge in [-0.3, -0.25) is 19.4 Å². The van der Waals surface area contributed by atoms with Crippen LogP contribution >= 0.6 is 11.8 Å². The highest BCUT2D eigenvalue weighted by Crippen LogP contribution is 2.22. The molecule has 1 aromatic carbocycles. The van der Waals surface area contributed by atoms with Gasteiger partial charge in [0.1, 0.15) is 0 Å². The Bertz CT molecular complexity index is 514. The van der Waals surface area contributed by atoms with E-state index in [4.69, 9.17) is 0 Å². The summed E-state index contributed by atoms with van der Waals surface area (Å²) in [6.07, 6.45) is 1.10. The molecule has 3 rings (SSSR count). The first-order valence-electron chi connectivity index (χ1n) is 7.45. The molecule has 0 aliphatic carbocycles. The van der Waals surface area contributed by atoms with Crippen molar-refractivity contribution in [2.75, 3.05) is 31.1 Å². The summed E-state index contributed by atoms with van der Waals surface area (Å²) in [5.41, 5.74) is 1.16. The van der Waals surface area contributed by atoms with Crippen LogP contribution in [0.3, 0.4) is 0 Å². The van der Waals surface area contributed by atoms with Gasteiger partial charge in [-0.25, -0.2) is 0 Å². The second kappa shape index (κ2) is 6.62. The van der Waals surface area contributed by atoms with Crippen molar-refractivity contribution in [1.82, 2.24) is 9.80 Å². The van der Waals surface area contributed by atoms with E-state index in [1.54, 1.807) is 0 Å². The predicted octanol–water partition coefficient (Wildman–Crippen LogP) is 1.41. The minimum Gasteiger partial charge on any atom is -0.290 e. The molecule has 0 radical (unpaired) electrons. The number of rotatable bonds is 4. The van der Waals surface area contributed by atoms with Crippen LogP contribution in [0.1, 0.15) is 12.0 Å². The van der Waals surface area contributed by atoms with Crippen molar-refractivity contribution in [1.29, 1.82) is 0 Å². The quantitative estimate of drug-likeness (QED) is 0.789. The van der Waals surface area contributed by atoms with Crippen molar-refractivity contribution in [2.24, 2.45) is 0 Å². The fraction of sp³-hybridized carbons (Fsp3) is 0.500. The molecule has 2 aliphatic rings. The summed E-state index contributed by atoms with van der Waals surface area (Å²) in [7, 11) is 0. The Labute approximate surface area is 129 Å². The highest BCUT2D eigenvalue weighted by molar-refractivity contribution is 7.99. The SMILES string of the molecule is O=C1C[C@H](N2CCSCC2)C(=O)N1CCc1ccccc1. The monoisotopic (exact) mass is 304 g/mol. The average molecular weight is 304 g/mol. The zero-order valence-electron chi connectivity index (χ0n) is 12.0. The smallest absolute Gasteiger partial charge is 0.247 e. The van der Waals surface area contributed by atoms with Gasteiger partial charge in [0.15, 0.2) is 0 Å². The molecular weight excluding hydrogens is 284 g/mol. The zero-order valence-corrected chi connectivity index (χ0v) is 12.8. The Morgan fingerprint density at radius 3 is 2.52 bits per heavy atom. The summed E-state index contributed by atoms with van der Waals surface area (Å²) in [4.78, 5) is 28.3. The Hall–Kier alpha value is -1.33. The molecule has 2 saturated heterocycles. The van der Waals surface area contributed by atoms with Gasteiger partial charge in [0.2, 0.25) is 11.8 Å². The molecule has 2 amide bonds. The molecule has 0 aromatic heterocycles. The lowest BCUT2D eigenvalue weighted by Crippen LogP contribution is -2.46. The maximum absolute atomic E-state index is 12.5. The lowest BCUT2D eigenvalue weighted by molar-refractivity contribution is -0.139. The van der Waals surface area contributed by atoms with Crippen LogP contribution in [0.4, 0.5) is 0 Å². The molecule has 0 saturated carbocycles. The van der Waals surface area contributed by atoms with Gasteiger partial charge in [0, 0.05) is 31.1 Å². The number of benzene rings is 1. The number of nitrogens with zero attached hydrogens (tertiary/aromatic N) is 2. The summed E-state index contributed by atoms with van der Waals surface area (Å²) >= 11 is 1.92. The van der Waals surface area contributed by atoms with Crippen molar-refractivity contribution < 1.29 is 9.59 Å². The van der Waals surface area contributed by atoms with Gasteiger partial charge in [-0.1, -0.05) is 30.3 Å². The predicted molar refractivity (Wildman–Crippen MR) is 84.2 cm³/mol. The van der Waals surface area contributed by atoms with Crippen molar-refractivity contribution in [3.63, 3.8) is 0 Å². The number of amides is 2. The molecule has 112 valence electrons. The zero-order chi connectivity index (χ0) is 14.7. The van der Waals surface area contributed by atoms with E-state index in [1.165, 1.54) is 4.90 Å². The largest absolute Gasteiger partial charge is 0.290 e. The van der Waals surface area contributed by atoms with Gasteiger partial charge in [-0.2, -0.15) is 11.8 Å². The average Bonchev–Trinajstić information content (AvgIpc) is 2.82. The van der Waals surface area contributed by atoms with Crippen LogP contribution in [0.5, 0.6) is 0 Å². The van der Waals surface area contributed by atoms with Crippen LogP contribution in [-0.2, 0) is 16.0 Å². The Balaban J connectivity index is 1.61. The molecule has 5 heteroatoms. The number of hydrogen-bond donors (Lipinski definition) is 0. The summed E-state index contributed by atoms with van der Waals surface area (Å²) < 4.78 is 0. The van der Waals surface area contributed by atoms with E-state index in [0.717, 1.165) is 36.6 Å². The number of imide groups is 1. The second-order valence-electron chi connectivity index (χ2n) is 5.49. The summed E-state index contributed by atoms with van der Waals surface area (Å²) in [6.45, 7) is 2.34. The van der Waals surface area contributed by atoms with E-state index in [-0.39, 0.29) is 17.9 Å². The van der Waals surface area contributed by atoms with Gasteiger partial charge in [-0.15, -0.1) is 0 Å². The van der Waals surface area contributed by atoms with Crippen LogP contribution in [0.25, 0.3) is 0 Å². The molecule has 0 bridgehead atoms. The summed E-state index contributed by atoms with van der Waals surface area (Å²) in [6, 6.07) is 9.79. The molecule has 21 heavy (non-hydrogen) atoms. The van der Waals surface area contributed by atoms with E-state index in [0.29, 0.717) is 13.0 Å². The van der Waals surface area contributed by atoms with Crippen molar-refractivity contribution in [3.05, 3.63) is 35.9 Å². The van der Waals surface area contributed by atoms with E-state index in [9.17, 15) is 9.59 Å². The van der Waals surface area contributed by atoms with Crippen LogP contribution in [-0.4, -0.2) is 58.8 Å². The second-order valence-corrected chi connectivity index (χ2v) is 6.71. The molecule has 0 unspecified atom stereocenters. The maximum atomic E-state index is 12.5. The third-order valence-electron chi connectivity index (χ3n) is 4.17. The van der Waals surface area contributed by atoms with Crippen molar-refractivity contribution >= 4 is 23.6 Å². The topological polar surface area (TPSA) is 40.6 Å². The Morgan fingerprint density at radius 1 is 1.10 bits per heavy atom. The van der Waals surface area contributed by atoms with Crippen molar-refractivity contribution in [2.45, 2.75) is 18.9 Å². The normalized spacial score (nSPS) is 23.8. The number of hydrogen-bond acceptors (Lipinski definition) is 4. The van der Waals surface area contributed by atoms with Gasteiger partial charge in [0.05, 0.1) is 12.5 Å². The summed E-state index contributed by atoms with van der Waals surface area (Å²) in [5, 5.41) is 0. The maximum Gasteiger partial charge on any atom is 0.247 e. The standard InChI is InChI=1S/C16H20N2O2S/c19-15-12-14(17-8-10-21-11-9-17)16(20)18(15)7-6-13-4-2-1-3-5-13/h1-5,14H,6-12H2/t14-/m0/s1. The molecule has 2 fully saturated rings. The number of likely N-dealkylation sites (tertiary alicyclic amines) is 1. The van der Waals surface area contributed by atoms with Crippen LogP contribution < -0.4 is 0 Å². The third kappa shape index (κ3) is 3.30. The third-order valence-corrected chi connectivity index (χ3v) is 5.12. The van der Waals surface area contributed by atoms with Gasteiger partial charge >= 0.3 is 0 Å². The Kier molecular flexibility index (Phi) is 4.60. The first-order chi connectivity index (χ1) is 10.3. The first-order valence-corrected chi connectivity index (χ1v) is 8.61. The van der Waals surface area contributed by atoms with Crippen LogP contribution in [0, 0.1) is 0 Å². The molecule has 2 aliphatic heterocycles. The van der Waals surface area contributed by atoms with E-state index in [2.05, 4.69) is 4.90 Å². The number of thioether (sulfide) groups is 1. The lowest BCUT2D eigenvalue weighted by atomic mass is 10.1. The highest BCUT2D eigenvalue weighted by Gasteiger charge is 2.41. The fourth-order valence-corrected chi connectivity index (χ4v) is 3.89. The van der Waals surface area contributed by atoms with E-state index >= 15 is 0 Å².